The standard InChI is InChI=1S/C22H44N4O23P6/c1-17-10-13-26(22(29)25-17)21-15-18(27)19(44-21)16-43-51(32,33)46-53(36,37)48-55(40,41)49-54(38,39)47-52(34,35)45-50(30,31)42-14-8-3-2-7-12-24-20(28)9-5-4-6-11-23/h10,13,18-19,21,27H,2-9,11-12,14-16,23H2,1H3,(H,24,28)(H,30,31)(H,32,33)(H,34,35)(H,36,37)(H,38,39)(H,40,41)/t18-,19-,21-/m1/s1. The summed E-state index contributed by atoms with van der Waals surface area (Å²) in [5, 5.41) is 12.9. The number of aryl methyl sites for hydroxylation is 1. The van der Waals surface area contributed by atoms with Crippen LogP contribution in [0.15, 0.2) is 17.1 Å². The fraction of sp³-hybridized carbons (Fsp3) is 0.773. The molecule has 1 fully saturated rings. The molecule has 0 bridgehead atoms. The van der Waals surface area contributed by atoms with Gasteiger partial charge < -0.3 is 50.3 Å². The number of nitrogens with two attached hydrogens (primary N) is 1. The van der Waals surface area contributed by atoms with Gasteiger partial charge in [-0.15, -0.1) is 0 Å². The molecule has 55 heavy (non-hydrogen) atoms. The lowest BCUT2D eigenvalue weighted by Crippen LogP contribution is -2.28. The Bertz CT molecular complexity index is 1780. The van der Waals surface area contributed by atoms with Crippen LogP contribution in [0.3, 0.4) is 0 Å². The number of aliphatic hydroxyl groups excluding tert-OH is 1. The molecule has 1 saturated heterocycles. The number of aromatic nitrogens is 2. The minimum atomic E-state index is -6.45. The van der Waals surface area contributed by atoms with Gasteiger partial charge in [-0.3, -0.25) is 18.4 Å². The average Bonchev–Trinajstić information content (AvgIpc) is 3.36. The first kappa shape index (κ1) is 50.2. The van der Waals surface area contributed by atoms with E-state index in [-0.39, 0.29) is 18.7 Å². The summed E-state index contributed by atoms with van der Waals surface area (Å²) in [6, 6.07) is 1.45. The molecule has 1 aromatic rings. The minimum Gasteiger partial charge on any atom is -0.390 e. The molecule has 1 amide bonds. The molecular formula is C22H44N4O23P6. The lowest BCUT2D eigenvalue weighted by molar-refractivity contribution is -0.121. The molecule has 33 heteroatoms. The zero-order chi connectivity index (χ0) is 41.7. The van der Waals surface area contributed by atoms with E-state index >= 15 is 0 Å². The number of nitrogens with zero attached hydrogens (tertiary/aromatic N) is 2. The zero-order valence-corrected chi connectivity index (χ0v) is 34.3. The van der Waals surface area contributed by atoms with Crippen molar-refractivity contribution < 1.29 is 102 Å². The lowest BCUT2D eigenvalue weighted by Gasteiger charge is -2.21. The summed E-state index contributed by atoms with van der Waals surface area (Å²) in [4.78, 5) is 85.6. The summed E-state index contributed by atoms with van der Waals surface area (Å²) < 4.78 is 106. The summed E-state index contributed by atoms with van der Waals surface area (Å²) in [5.74, 6) is -0.120. The SMILES string of the molecule is Cc1ccn([C@H]2C[C@@H](O)[C@@H](COP(=O)(O)OP(=O)(O)OP(=O)(O)OP(=O)(O)OP(=O)(O)OP(=O)(O)OCCCCCCNC(=O)CCCCCN)O2)c(=O)n1. The number of phosphoric acid groups is 6. The van der Waals surface area contributed by atoms with Crippen molar-refractivity contribution in [3.05, 3.63) is 28.4 Å². The van der Waals surface area contributed by atoms with E-state index in [1.54, 1.807) is 0 Å². The quantitative estimate of drug-likeness (QED) is 0.0450. The maximum Gasteiger partial charge on any atom is 0.490 e. The van der Waals surface area contributed by atoms with E-state index in [9.17, 15) is 71.4 Å². The second kappa shape index (κ2) is 21.9. The number of amides is 1. The van der Waals surface area contributed by atoms with E-state index in [1.165, 1.54) is 19.2 Å². The molecular weight excluding hydrogens is 874 g/mol. The van der Waals surface area contributed by atoms with E-state index in [4.69, 9.17) is 10.5 Å². The Hall–Kier alpha value is -0.910. The van der Waals surface area contributed by atoms with Crippen LogP contribution in [0.1, 0.15) is 69.7 Å². The Morgan fingerprint density at radius 2 is 1.33 bits per heavy atom. The molecule has 0 aliphatic carbocycles. The van der Waals surface area contributed by atoms with E-state index in [1.807, 2.05) is 0 Å². The van der Waals surface area contributed by atoms with E-state index < -0.39 is 84.3 Å². The molecule has 0 radical (unpaired) electrons. The van der Waals surface area contributed by atoms with Gasteiger partial charge in [-0.2, -0.15) is 26.5 Å². The number of hydrogen-bond donors (Lipinski definition) is 9. The second-order valence-corrected chi connectivity index (χ2v) is 20.8. The number of carbonyl (C=O) groups excluding carboxylic acids is 1. The zero-order valence-electron chi connectivity index (χ0n) is 28.9. The van der Waals surface area contributed by atoms with Crippen LogP contribution in [-0.4, -0.2) is 88.4 Å². The first-order valence-electron chi connectivity index (χ1n) is 15.9. The van der Waals surface area contributed by atoms with E-state index in [0.717, 1.165) is 17.4 Å². The number of unbranched alkanes of at least 4 members (excludes halogenated alkanes) is 5. The highest BCUT2D eigenvalue weighted by Crippen LogP contribution is 2.75. The molecule has 9 atom stereocenters. The Balaban J connectivity index is 1.79. The summed E-state index contributed by atoms with van der Waals surface area (Å²) >= 11 is 0. The molecule has 1 aliphatic rings. The third-order valence-electron chi connectivity index (χ3n) is 6.67. The van der Waals surface area contributed by atoms with Gasteiger partial charge in [0, 0.05) is 31.3 Å². The van der Waals surface area contributed by atoms with Gasteiger partial charge in [0.05, 0.1) is 19.3 Å². The maximum absolute atomic E-state index is 12.2. The first-order chi connectivity index (χ1) is 25.2. The number of aliphatic hydroxyl groups is 1. The highest BCUT2D eigenvalue weighted by atomic mass is 31.3. The molecule has 6 unspecified atom stereocenters. The van der Waals surface area contributed by atoms with Crippen molar-refractivity contribution in [3.63, 3.8) is 0 Å². The average molecular weight is 918 g/mol. The number of hydrogen-bond acceptors (Lipinski definition) is 19. The number of rotatable bonds is 27. The third-order valence-corrected chi connectivity index (χ3v) is 15.9. The largest absolute Gasteiger partial charge is 0.490 e. The molecule has 10 N–H and O–H groups in total. The van der Waals surface area contributed by atoms with Crippen LogP contribution in [-0.2, 0) is 67.5 Å². The number of phosphoric ester groups is 2. The highest BCUT2D eigenvalue weighted by molar-refractivity contribution is 7.72. The summed E-state index contributed by atoms with van der Waals surface area (Å²) in [6.45, 7) is 0.871. The smallest absolute Gasteiger partial charge is 0.390 e. The Kier molecular flexibility index (Phi) is 20.0. The van der Waals surface area contributed by atoms with Gasteiger partial charge in [0.15, 0.2) is 0 Å². The van der Waals surface area contributed by atoms with Crippen molar-refractivity contribution in [1.82, 2.24) is 14.9 Å². The van der Waals surface area contributed by atoms with Gasteiger partial charge in [-0.25, -0.2) is 32.2 Å². The summed E-state index contributed by atoms with van der Waals surface area (Å²) in [5.41, 5.74) is 5.01. The van der Waals surface area contributed by atoms with Crippen LogP contribution in [0.5, 0.6) is 0 Å². The lowest BCUT2D eigenvalue weighted by atomic mass is 10.2. The molecule has 320 valence electrons. The van der Waals surface area contributed by atoms with Gasteiger partial charge in [-0.05, 0) is 45.2 Å². The third kappa shape index (κ3) is 20.6. The molecule has 1 aliphatic heterocycles. The predicted molar refractivity (Wildman–Crippen MR) is 183 cm³/mol. The van der Waals surface area contributed by atoms with Gasteiger partial charge in [0.2, 0.25) is 5.91 Å². The van der Waals surface area contributed by atoms with Crippen molar-refractivity contribution in [2.75, 3.05) is 26.3 Å². The number of ether oxygens (including phenoxy) is 1. The maximum atomic E-state index is 12.2. The van der Waals surface area contributed by atoms with Crippen LogP contribution in [0.4, 0.5) is 0 Å². The molecule has 0 saturated carbocycles. The summed E-state index contributed by atoms with van der Waals surface area (Å²) in [7, 11) is -36.6. The van der Waals surface area contributed by atoms with Crippen LogP contribution < -0.4 is 16.7 Å². The number of nitrogens with one attached hydrogen (secondary N) is 1. The fourth-order valence-electron chi connectivity index (χ4n) is 4.36. The Morgan fingerprint density at radius 1 is 0.818 bits per heavy atom. The molecule has 0 aromatic carbocycles. The van der Waals surface area contributed by atoms with Gasteiger partial charge in [-0.1, -0.05) is 19.3 Å². The fourth-order valence-corrected chi connectivity index (χ4v) is 12.2. The normalized spacial score (nSPS) is 24.1. The van der Waals surface area contributed by atoms with Crippen LogP contribution >= 0.6 is 46.9 Å². The molecule has 1 aromatic heterocycles. The van der Waals surface area contributed by atoms with Crippen molar-refractivity contribution in [2.45, 2.75) is 83.1 Å². The topological polar surface area (TPSA) is 408 Å². The van der Waals surface area contributed by atoms with Gasteiger partial charge >= 0.3 is 52.6 Å². The second-order valence-electron chi connectivity index (χ2n) is 11.4. The van der Waals surface area contributed by atoms with Crippen molar-refractivity contribution in [2.24, 2.45) is 5.73 Å². The monoisotopic (exact) mass is 918 g/mol. The van der Waals surface area contributed by atoms with Crippen molar-refractivity contribution in [1.29, 1.82) is 0 Å². The van der Waals surface area contributed by atoms with Gasteiger partial charge in [0.25, 0.3) is 0 Å². The predicted octanol–water partition coefficient (Wildman–Crippen LogP) is 2.11. The molecule has 2 heterocycles. The molecule has 0 spiro atoms. The van der Waals surface area contributed by atoms with Crippen LogP contribution in [0.25, 0.3) is 0 Å². The molecule has 27 nitrogen and oxygen atoms in total. The first-order valence-corrected chi connectivity index (χ1v) is 24.9. The van der Waals surface area contributed by atoms with E-state index in [2.05, 4.69) is 40.9 Å². The number of carbonyl (C=O) groups is 1. The van der Waals surface area contributed by atoms with Crippen molar-refractivity contribution in [3.8, 4) is 0 Å². The van der Waals surface area contributed by atoms with Gasteiger partial charge in [0.1, 0.15) is 12.3 Å². The summed E-state index contributed by atoms with van der Waals surface area (Å²) in [6.07, 6.45) is 1.39. The highest BCUT2D eigenvalue weighted by Gasteiger charge is 2.50. The van der Waals surface area contributed by atoms with E-state index in [0.29, 0.717) is 50.9 Å². The van der Waals surface area contributed by atoms with Crippen molar-refractivity contribution >= 4 is 52.8 Å². The Labute approximate surface area is 313 Å². The minimum absolute atomic E-state index is 0.102. The van der Waals surface area contributed by atoms with Crippen LogP contribution in [0.2, 0.25) is 0 Å². The molecule has 2 rings (SSSR count). The van der Waals surface area contributed by atoms with Crippen LogP contribution in [0, 0.1) is 6.92 Å². The Morgan fingerprint density at radius 3 is 1.87 bits per heavy atom.